The highest BCUT2D eigenvalue weighted by Crippen LogP contribution is 2.25. The molecule has 0 spiro atoms. The molecular weight excluding hydrogens is 265 g/mol. The van der Waals surface area contributed by atoms with Crippen molar-refractivity contribution in [2.24, 2.45) is 5.92 Å². The third-order valence-electron chi connectivity index (χ3n) is 4.54. The molecule has 0 bridgehead atoms. The second-order valence-electron chi connectivity index (χ2n) is 5.98. The number of nitrogens with one attached hydrogen (secondary N) is 1. The Bertz CT molecular complexity index is 667. The quantitative estimate of drug-likeness (QED) is 0.876. The second kappa shape index (κ2) is 5.84. The molecule has 21 heavy (non-hydrogen) atoms. The highest BCUT2D eigenvalue weighted by Gasteiger charge is 2.24. The van der Waals surface area contributed by atoms with Crippen molar-refractivity contribution >= 4 is 16.7 Å². The van der Waals surface area contributed by atoms with Gasteiger partial charge >= 0.3 is 0 Å². The zero-order valence-corrected chi connectivity index (χ0v) is 12.2. The lowest BCUT2D eigenvalue weighted by Gasteiger charge is -2.29. The van der Waals surface area contributed by atoms with Gasteiger partial charge in [0.15, 0.2) is 0 Å². The summed E-state index contributed by atoms with van der Waals surface area (Å²) >= 11 is 0. The summed E-state index contributed by atoms with van der Waals surface area (Å²) < 4.78 is 13.8. The molecule has 2 aromatic rings. The van der Waals surface area contributed by atoms with Gasteiger partial charge in [0.25, 0.3) is 5.91 Å². The number of carbonyl (C=O) groups excluding carboxylic acids is 1. The van der Waals surface area contributed by atoms with Crippen molar-refractivity contribution in [2.45, 2.75) is 38.6 Å². The van der Waals surface area contributed by atoms with E-state index in [9.17, 15) is 9.18 Å². The summed E-state index contributed by atoms with van der Waals surface area (Å²) in [6, 6.07) is 10.3. The van der Waals surface area contributed by atoms with Gasteiger partial charge in [-0.1, -0.05) is 44.0 Å². The van der Waals surface area contributed by atoms with E-state index in [0.29, 0.717) is 22.3 Å². The van der Waals surface area contributed by atoms with Gasteiger partial charge in [0.1, 0.15) is 5.82 Å². The van der Waals surface area contributed by atoms with Crippen molar-refractivity contribution in [1.82, 2.24) is 5.32 Å². The Morgan fingerprint density at radius 2 is 1.81 bits per heavy atom. The number of halogens is 1. The third-order valence-corrected chi connectivity index (χ3v) is 4.54. The van der Waals surface area contributed by atoms with E-state index in [-0.39, 0.29) is 17.8 Å². The van der Waals surface area contributed by atoms with Crippen LogP contribution in [0.25, 0.3) is 10.8 Å². The molecule has 1 amide bonds. The number of hydrogen-bond donors (Lipinski definition) is 1. The summed E-state index contributed by atoms with van der Waals surface area (Å²) in [5.41, 5.74) is 0.560. The van der Waals surface area contributed by atoms with Crippen LogP contribution in [0.5, 0.6) is 0 Å². The summed E-state index contributed by atoms with van der Waals surface area (Å²) in [7, 11) is 0. The maximum absolute atomic E-state index is 13.8. The van der Waals surface area contributed by atoms with Crippen molar-refractivity contribution in [1.29, 1.82) is 0 Å². The van der Waals surface area contributed by atoms with Gasteiger partial charge < -0.3 is 5.32 Å². The molecule has 3 rings (SSSR count). The van der Waals surface area contributed by atoms with Crippen molar-refractivity contribution in [2.75, 3.05) is 0 Å². The average Bonchev–Trinajstić information content (AvgIpc) is 2.50. The number of carbonyl (C=O) groups is 1. The smallest absolute Gasteiger partial charge is 0.252 e. The van der Waals surface area contributed by atoms with Gasteiger partial charge in [0, 0.05) is 17.0 Å². The Balaban J connectivity index is 1.89. The van der Waals surface area contributed by atoms with Crippen LogP contribution in [0.2, 0.25) is 0 Å². The van der Waals surface area contributed by atoms with E-state index in [1.807, 2.05) is 6.07 Å². The number of rotatable bonds is 2. The van der Waals surface area contributed by atoms with E-state index in [1.54, 1.807) is 24.3 Å². The molecular formula is C18H20FNO. The van der Waals surface area contributed by atoms with Gasteiger partial charge in [0.2, 0.25) is 0 Å². The molecule has 2 atom stereocenters. The number of amides is 1. The first kappa shape index (κ1) is 14.1. The van der Waals surface area contributed by atoms with Crippen LogP contribution in [0.3, 0.4) is 0 Å². The molecule has 1 N–H and O–H groups in total. The Morgan fingerprint density at radius 1 is 1.10 bits per heavy atom. The highest BCUT2D eigenvalue weighted by atomic mass is 19.1. The zero-order chi connectivity index (χ0) is 14.8. The lowest BCUT2D eigenvalue weighted by atomic mass is 9.85. The van der Waals surface area contributed by atoms with Crippen LogP contribution in [-0.2, 0) is 0 Å². The van der Waals surface area contributed by atoms with Crippen LogP contribution in [0.4, 0.5) is 4.39 Å². The molecule has 0 radical (unpaired) electrons. The standard InChI is InChI=1S/C18H20FNO/c1-12-6-2-5-9-17(12)20-18(21)15-10-11-16(19)14-8-4-3-7-13(14)15/h3-4,7-8,10-12,17H,2,5-6,9H2,1H3,(H,20,21). The zero-order valence-electron chi connectivity index (χ0n) is 12.2. The Labute approximate surface area is 124 Å². The van der Waals surface area contributed by atoms with E-state index >= 15 is 0 Å². The molecule has 1 aliphatic carbocycles. The summed E-state index contributed by atoms with van der Waals surface area (Å²) in [6.45, 7) is 2.19. The minimum absolute atomic E-state index is 0.0926. The summed E-state index contributed by atoms with van der Waals surface area (Å²) in [6.07, 6.45) is 4.60. The summed E-state index contributed by atoms with van der Waals surface area (Å²) in [5, 5.41) is 4.32. The fourth-order valence-corrected chi connectivity index (χ4v) is 3.24. The normalized spacial score (nSPS) is 22.2. The summed E-state index contributed by atoms with van der Waals surface area (Å²) in [5.74, 6) is 0.132. The molecule has 0 aromatic heterocycles. The van der Waals surface area contributed by atoms with Gasteiger partial charge in [0.05, 0.1) is 0 Å². The Kier molecular flexibility index (Phi) is 3.91. The molecule has 0 aliphatic heterocycles. The SMILES string of the molecule is CC1CCCCC1NC(=O)c1ccc(F)c2ccccc12. The Morgan fingerprint density at radius 3 is 2.57 bits per heavy atom. The number of hydrogen-bond acceptors (Lipinski definition) is 1. The summed E-state index contributed by atoms with van der Waals surface area (Å²) in [4.78, 5) is 12.6. The van der Waals surface area contributed by atoms with E-state index in [4.69, 9.17) is 0 Å². The molecule has 2 aromatic carbocycles. The average molecular weight is 285 g/mol. The fourth-order valence-electron chi connectivity index (χ4n) is 3.24. The van der Waals surface area contributed by atoms with Crippen LogP contribution < -0.4 is 5.32 Å². The van der Waals surface area contributed by atoms with Crippen molar-refractivity contribution in [3.05, 3.63) is 47.8 Å². The topological polar surface area (TPSA) is 29.1 Å². The third kappa shape index (κ3) is 2.78. The predicted octanol–water partition coefficient (Wildman–Crippen LogP) is 4.29. The molecule has 3 heteroatoms. The molecule has 0 saturated heterocycles. The molecule has 110 valence electrons. The predicted molar refractivity (Wildman–Crippen MR) is 82.8 cm³/mol. The molecule has 1 aliphatic rings. The van der Waals surface area contributed by atoms with Crippen LogP contribution in [0, 0.1) is 11.7 Å². The monoisotopic (exact) mass is 285 g/mol. The first-order valence-corrected chi connectivity index (χ1v) is 7.65. The molecule has 2 unspecified atom stereocenters. The van der Waals surface area contributed by atoms with Gasteiger partial charge in [-0.2, -0.15) is 0 Å². The second-order valence-corrected chi connectivity index (χ2v) is 5.98. The van der Waals surface area contributed by atoms with E-state index in [0.717, 1.165) is 12.8 Å². The lowest BCUT2D eigenvalue weighted by molar-refractivity contribution is 0.0912. The molecule has 0 heterocycles. The van der Waals surface area contributed by atoms with Gasteiger partial charge in [-0.25, -0.2) is 4.39 Å². The maximum Gasteiger partial charge on any atom is 0.252 e. The lowest BCUT2D eigenvalue weighted by Crippen LogP contribution is -2.41. The fraction of sp³-hybridized carbons (Fsp3) is 0.389. The van der Waals surface area contributed by atoms with Crippen LogP contribution in [-0.4, -0.2) is 11.9 Å². The number of fused-ring (bicyclic) bond motifs is 1. The minimum atomic E-state index is -0.284. The Hall–Kier alpha value is -1.90. The van der Waals surface area contributed by atoms with Gasteiger partial charge in [-0.15, -0.1) is 0 Å². The number of benzene rings is 2. The minimum Gasteiger partial charge on any atom is -0.349 e. The van der Waals surface area contributed by atoms with E-state index in [2.05, 4.69) is 12.2 Å². The first-order valence-electron chi connectivity index (χ1n) is 7.65. The van der Waals surface area contributed by atoms with Crippen LogP contribution in [0.1, 0.15) is 43.0 Å². The molecule has 2 nitrogen and oxygen atoms in total. The van der Waals surface area contributed by atoms with E-state index in [1.165, 1.54) is 18.9 Å². The van der Waals surface area contributed by atoms with Gasteiger partial charge in [-0.3, -0.25) is 4.79 Å². The van der Waals surface area contributed by atoms with Crippen molar-refractivity contribution in [3.63, 3.8) is 0 Å². The van der Waals surface area contributed by atoms with Crippen molar-refractivity contribution in [3.8, 4) is 0 Å². The van der Waals surface area contributed by atoms with Crippen LogP contribution >= 0.6 is 0 Å². The first-order chi connectivity index (χ1) is 10.2. The maximum atomic E-state index is 13.8. The van der Waals surface area contributed by atoms with Crippen LogP contribution in [0.15, 0.2) is 36.4 Å². The molecule has 1 fully saturated rings. The largest absolute Gasteiger partial charge is 0.349 e. The van der Waals surface area contributed by atoms with Gasteiger partial charge in [-0.05, 0) is 36.3 Å². The highest BCUT2D eigenvalue weighted by molar-refractivity contribution is 6.07. The molecule has 1 saturated carbocycles. The van der Waals surface area contributed by atoms with E-state index < -0.39 is 0 Å². The van der Waals surface area contributed by atoms with Crippen molar-refractivity contribution < 1.29 is 9.18 Å².